The van der Waals surface area contributed by atoms with E-state index < -0.39 is 0 Å². The Bertz CT molecular complexity index is 756. The molecule has 0 spiro atoms. The second-order valence-electron chi connectivity index (χ2n) is 7.01. The molecule has 138 valence electrons. The third-order valence-electron chi connectivity index (χ3n) is 5.09. The molecule has 5 heteroatoms. The number of benzene rings is 2. The van der Waals surface area contributed by atoms with Crippen molar-refractivity contribution in [2.45, 2.75) is 19.9 Å². The molecule has 3 rings (SSSR count). The molecule has 0 saturated carbocycles. The first-order valence-electron chi connectivity index (χ1n) is 9.22. The SMILES string of the molecule is Cc1ccccc1N1CC[NH+](CC(=O)N[C@H](C)c2ccccc2Cl)CC1. The Labute approximate surface area is 160 Å². The molecule has 0 bridgehead atoms. The molecule has 1 amide bonds. The van der Waals surface area contributed by atoms with Crippen LogP contribution in [0.3, 0.4) is 0 Å². The average molecular weight is 373 g/mol. The van der Waals surface area contributed by atoms with Crippen LogP contribution >= 0.6 is 11.6 Å². The number of quaternary nitrogens is 1. The zero-order chi connectivity index (χ0) is 18.5. The molecular formula is C21H27ClN3O+. The number of halogens is 1. The van der Waals surface area contributed by atoms with Crippen molar-refractivity contribution in [1.82, 2.24) is 5.32 Å². The second-order valence-corrected chi connectivity index (χ2v) is 7.42. The molecule has 1 aliphatic rings. The monoisotopic (exact) mass is 372 g/mol. The average Bonchev–Trinajstić information content (AvgIpc) is 2.63. The maximum atomic E-state index is 12.4. The summed E-state index contributed by atoms with van der Waals surface area (Å²) in [5.74, 6) is 0.0803. The van der Waals surface area contributed by atoms with Crippen molar-refractivity contribution in [2.24, 2.45) is 0 Å². The van der Waals surface area contributed by atoms with E-state index in [1.807, 2.05) is 31.2 Å². The number of rotatable bonds is 5. The van der Waals surface area contributed by atoms with Gasteiger partial charge in [0.1, 0.15) is 0 Å². The van der Waals surface area contributed by atoms with Crippen LogP contribution in [0.15, 0.2) is 48.5 Å². The summed E-state index contributed by atoms with van der Waals surface area (Å²) < 4.78 is 0. The number of amides is 1. The number of nitrogens with zero attached hydrogens (tertiary/aromatic N) is 1. The molecule has 4 nitrogen and oxygen atoms in total. The zero-order valence-electron chi connectivity index (χ0n) is 15.5. The van der Waals surface area contributed by atoms with Crippen LogP contribution < -0.4 is 15.1 Å². The van der Waals surface area contributed by atoms with Gasteiger partial charge in [0, 0.05) is 10.7 Å². The van der Waals surface area contributed by atoms with Crippen LogP contribution in [0.25, 0.3) is 0 Å². The Balaban J connectivity index is 1.49. The van der Waals surface area contributed by atoms with Crippen molar-refractivity contribution in [2.75, 3.05) is 37.6 Å². The Morgan fingerprint density at radius 2 is 1.81 bits per heavy atom. The molecule has 0 radical (unpaired) electrons. The molecule has 1 heterocycles. The summed E-state index contributed by atoms with van der Waals surface area (Å²) in [7, 11) is 0. The van der Waals surface area contributed by atoms with Gasteiger partial charge in [-0.3, -0.25) is 4.79 Å². The highest BCUT2D eigenvalue weighted by atomic mass is 35.5. The minimum absolute atomic E-state index is 0.0798. The fourth-order valence-corrected chi connectivity index (χ4v) is 3.88. The quantitative estimate of drug-likeness (QED) is 0.844. The lowest BCUT2D eigenvalue weighted by molar-refractivity contribution is -0.892. The molecule has 26 heavy (non-hydrogen) atoms. The number of hydrogen-bond acceptors (Lipinski definition) is 2. The lowest BCUT2D eigenvalue weighted by Gasteiger charge is -2.34. The minimum atomic E-state index is -0.0798. The van der Waals surface area contributed by atoms with Crippen molar-refractivity contribution < 1.29 is 9.69 Å². The molecule has 0 aliphatic carbocycles. The van der Waals surface area contributed by atoms with Crippen LogP contribution in [0.1, 0.15) is 24.1 Å². The molecule has 2 aromatic carbocycles. The van der Waals surface area contributed by atoms with Gasteiger partial charge in [-0.25, -0.2) is 0 Å². The molecule has 0 unspecified atom stereocenters. The van der Waals surface area contributed by atoms with Crippen molar-refractivity contribution >= 4 is 23.2 Å². The Morgan fingerprint density at radius 1 is 1.15 bits per heavy atom. The minimum Gasteiger partial charge on any atom is -0.360 e. The maximum Gasteiger partial charge on any atom is 0.275 e. The van der Waals surface area contributed by atoms with Crippen LogP contribution in [-0.2, 0) is 4.79 Å². The van der Waals surface area contributed by atoms with Gasteiger partial charge in [-0.1, -0.05) is 48.0 Å². The molecule has 2 aromatic rings. The third kappa shape index (κ3) is 4.57. The highest BCUT2D eigenvalue weighted by molar-refractivity contribution is 6.31. The van der Waals surface area contributed by atoms with E-state index in [1.54, 1.807) is 0 Å². The van der Waals surface area contributed by atoms with Gasteiger partial charge in [0.2, 0.25) is 0 Å². The van der Waals surface area contributed by atoms with Crippen LogP contribution in [0.4, 0.5) is 5.69 Å². The number of piperazine rings is 1. The zero-order valence-corrected chi connectivity index (χ0v) is 16.2. The van der Waals surface area contributed by atoms with Crippen molar-refractivity contribution in [3.05, 3.63) is 64.7 Å². The number of hydrogen-bond donors (Lipinski definition) is 2. The predicted octanol–water partition coefficient (Wildman–Crippen LogP) is 2.23. The molecule has 1 atom stereocenters. The molecule has 1 fully saturated rings. The van der Waals surface area contributed by atoms with Crippen LogP contribution in [-0.4, -0.2) is 38.6 Å². The van der Waals surface area contributed by atoms with Crippen molar-refractivity contribution in [3.8, 4) is 0 Å². The van der Waals surface area contributed by atoms with Crippen molar-refractivity contribution in [1.29, 1.82) is 0 Å². The highest BCUT2D eigenvalue weighted by Gasteiger charge is 2.23. The van der Waals surface area contributed by atoms with E-state index in [9.17, 15) is 4.79 Å². The topological polar surface area (TPSA) is 36.8 Å². The Hall–Kier alpha value is -2.04. The van der Waals surface area contributed by atoms with Gasteiger partial charge in [-0.05, 0) is 37.1 Å². The van der Waals surface area contributed by atoms with Crippen LogP contribution in [0.5, 0.6) is 0 Å². The lowest BCUT2D eigenvalue weighted by atomic mass is 10.1. The van der Waals surface area contributed by atoms with E-state index in [2.05, 4.69) is 41.4 Å². The summed E-state index contributed by atoms with van der Waals surface area (Å²) in [6.45, 7) is 8.55. The number of carbonyl (C=O) groups is 1. The van der Waals surface area contributed by atoms with Crippen molar-refractivity contribution in [3.63, 3.8) is 0 Å². The maximum absolute atomic E-state index is 12.4. The third-order valence-corrected chi connectivity index (χ3v) is 5.43. The first kappa shape index (κ1) is 18.7. The first-order valence-corrected chi connectivity index (χ1v) is 9.60. The van der Waals surface area contributed by atoms with Gasteiger partial charge in [0.05, 0.1) is 32.2 Å². The van der Waals surface area contributed by atoms with E-state index in [0.717, 1.165) is 31.7 Å². The summed E-state index contributed by atoms with van der Waals surface area (Å²) in [5.41, 5.74) is 3.58. The number of para-hydroxylation sites is 1. The molecular weight excluding hydrogens is 346 g/mol. The number of anilines is 1. The summed E-state index contributed by atoms with van der Waals surface area (Å²) in [5, 5.41) is 3.77. The number of carbonyl (C=O) groups excluding carboxylic acids is 1. The fourth-order valence-electron chi connectivity index (χ4n) is 3.58. The standard InChI is InChI=1S/C21H26ClN3O/c1-16-7-3-6-10-20(16)25-13-11-24(12-14-25)15-21(26)23-17(2)18-8-4-5-9-19(18)22/h3-10,17H,11-15H2,1-2H3,(H,23,26)/p+1/t17-/m1/s1. The highest BCUT2D eigenvalue weighted by Crippen LogP contribution is 2.22. The van der Waals surface area contributed by atoms with Crippen LogP contribution in [0.2, 0.25) is 5.02 Å². The molecule has 1 aliphatic heterocycles. The van der Waals surface area contributed by atoms with Gasteiger partial charge in [0.15, 0.2) is 6.54 Å². The normalized spacial score (nSPS) is 16.3. The summed E-state index contributed by atoms with van der Waals surface area (Å²) in [6, 6.07) is 16.1. The first-order chi connectivity index (χ1) is 12.5. The molecule has 2 N–H and O–H groups in total. The van der Waals surface area contributed by atoms with Gasteiger partial charge >= 0.3 is 0 Å². The lowest BCUT2D eigenvalue weighted by Crippen LogP contribution is -3.16. The smallest absolute Gasteiger partial charge is 0.275 e. The van der Waals surface area contributed by atoms with E-state index in [4.69, 9.17) is 11.6 Å². The molecule has 1 saturated heterocycles. The predicted molar refractivity (Wildman–Crippen MR) is 107 cm³/mol. The Kier molecular flexibility index (Phi) is 6.17. The summed E-state index contributed by atoms with van der Waals surface area (Å²) in [6.07, 6.45) is 0. The van der Waals surface area contributed by atoms with Gasteiger partial charge in [-0.15, -0.1) is 0 Å². The van der Waals surface area contributed by atoms with Crippen LogP contribution in [0, 0.1) is 6.92 Å². The fraction of sp³-hybridized carbons (Fsp3) is 0.381. The van der Waals surface area contributed by atoms with Gasteiger partial charge in [-0.2, -0.15) is 0 Å². The number of nitrogens with one attached hydrogen (secondary N) is 2. The van der Waals surface area contributed by atoms with E-state index in [-0.39, 0.29) is 11.9 Å². The van der Waals surface area contributed by atoms with Gasteiger partial charge in [0.25, 0.3) is 5.91 Å². The van der Waals surface area contributed by atoms with Gasteiger partial charge < -0.3 is 15.1 Å². The number of aryl methyl sites for hydroxylation is 1. The van der Waals surface area contributed by atoms with E-state index >= 15 is 0 Å². The summed E-state index contributed by atoms with van der Waals surface area (Å²) in [4.78, 5) is 16.2. The largest absolute Gasteiger partial charge is 0.360 e. The summed E-state index contributed by atoms with van der Waals surface area (Å²) >= 11 is 6.22. The van der Waals surface area contributed by atoms with E-state index in [0.29, 0.717) is 11.6 Å². The van der Waals surface area contributed by atoms with E-state index in [1.165, 1.54) is 16.2 Å². The second kappa shape index (κ2) is 8.56. The Morgan fingerprint density at radius 3 is 2.50 bits per heavy atom. The molecule has 0 aromatic heterocycles.